The fourth-order valence-electron chi connectivity index (χ4n) is 5.25. The predicted octanol–water partition coefficient (Wildman–Crippen LogP) is -0.915. The van der Waals surface area contributed by atoms with E-state index in [1.54, 1.807) is 42.9 Å². The molecule has 0 atom stereocenters. The Labute approximate surface area is 407 Å². The van der Waals surface area contributed by atoms with Crippen molar-refractivity contribution in [1.29, 1.82) is 0 Å². The first-order valence-corrected chi connectivity index (χ1v) is 23.0. The van der Waals surface area contributed by atoms with E-state index in [1.165, 1.54) is 0 Å². The Kier molecular flexibility index (Phi) is 32.4. The van der Waals surface area contributed by atoms with Crippen molar-refractivity contribution >= 4 is 76.9 Å². The summed E-state index contributed by atoms with van der Waals surface area (Å²) in [7, 11) is 6.72. The normalized spacial score (nSPS) is 10.2. The predicted molar refractivity (Wildman–Crippen MR) is 273 cm³/mol. The number of nitrogens with one attached hydrogen (secondary N) is 9. The number of aliphatic hydroxyl groups is 6. The fraction of sp³-hybridized carbons (Fsp3) is 0.667. The van der Waals surface area contributed by atoms with E-state index in [9.17, 15) is 4.79 Å². The van der Waals surface area contributed by atoms with Crippen LogP contribution >= 0.6 is 11.6 Å². The summed E-state index contributed by atoms with van der Waals surface area (Å²) < 4.78 is 0. The van der Waals surface area contributed by atoms with Crippen molar-refractivity contribution in [3.8, 4) is 0 Å². The molecule has 390 valence electrons. The van der Waals surface area contributed by atoms with Gasteiger partial charge in [0.25, 0.3) is 5.56 Å². The van der Waals surface area contributed by atoms with Gasteiger partial charge in [0, 0.05) is 93.6 Å². The molecule has 0 saturated carbocycles. The number of nitrogens with zero attached hydrogens (tertiary/aromatic N) is 13. The van der Waals surface area contributed by atoms with Crippen LogP contribution < -0.4 is 62.8 Å². The molecule has 0 aromatic carbocycles. The third-order valence-electron chi connectivity index (χ3n) is 8.46. The van der Waals surface area contributed by atoms with Gasteiger partial charge in [0.15, 0.2) is 5.82 Å². The molecule has 0 aliphatic heterocycles. The average molecular weight is 1000 g/mol. The molecular weight excluding hydrogens is 924 g/mol. The van der Waals surface area contributed by atoms with Crippen LogP contribution in [0.25, 0.3) is 0 Å². The molecule has 0 radical (unpaired) electrons. The molecule has 4 rings (SSSR count). The van der Waals surface area contributed by atoms with Crippen molar-refractivity contribution in [3.05, 3.63) is 15.4 Å². The van der Waals surface area contributed by atoms with Crippen molar-refractivity contribution in [2.24, 2.45) is 0 Å². The molecule has 0 spiro atoms. The molecule has 0 fully saturated rings. The van der Waals surface area contributed by atoms with E-state index in [2.05, 4.69) is 111 Å². The largest absolute Gasteiger partial charge is 0.395 e. The van der Waals surface area contributed by atoms with E-state index < -0.39 is 0 Å². The minimum Gasteiger partial charge on any atom is -0.395 e. The van der Waals surface area contributed by atoms with Crippen LogP contribution in [0.2, 0.25) is 5.02 Å². The summed E-state index contributed by atoms with van der Waals surface area (Å²) in [6.45, 7) is 13.0. The summed E-state index contributed by atoms with van der Waals surface area (Å²) in [5.74, 6) is 4.86. The van der Waals surface area contributed by atoms with E-state index >= 15 is 0 Å². The first-order valence-electron chi connectivity index (χ1n) is 22.6. The Morgan fingerprint density at radius 3 is 1.04 bits per heavy atom. The van der Waals surface area contributed by atoms with Gasteiger partial charge in [-0.1, -0.05) is 25.4 Å². The molecule has 0 aliphatic rings. The summed E-state index contributed by atoms with van der Waals surface area (Å²) in [4.78, 5) is 60.8. The number of rotatable bonds is 29. The highest BCUT2D eigenvalue weighted by atomic mass is 35.5. The van der Waals surface area contributed by atoms with Crippen LogP contribution in [0.5, 0.6) is 0 Å². The summed E-state index contributed by atoms with van der Waals surface area (Å²) in [5.41, 5.74) is -0.361. The minimum absolute atomic E-state index is 0.0267. The third kappa shape index (κ3) is 23.1. The molecule has 0 saturated heterocycles. The van der Waals surface area contributed by atoms with E-state index in [0.29, 0.717) is 118 Å². The average Bonchev–Trinajstić information content (AvgIpc) is 3.36. The summed E-state index contributed by atoms with van der Waals surface area (Å²) >= 11 is 5.63. The summed E-state index contributed by atoms with van der Waals surface area (Å²) in [5, 5.41) is 77.7. The number of anilines is 11. The molecule has 0 bridgehead atoms. The van der Waals surface area contributed by atoms with Gasteiger partial charge in [-0.25, -0.2) is 0 Å². The molecule has 4 aromatic heterocycles. The van der Waals surface area contributed by atoms with Gasteiger partial charge in [-0.3, -0.25) is 9.78 Å². The number of hydrogen-bond acceptors (Lipinski definition) is 28. The lowest BCUT2D eigenvalue weighted by molar-refractivity contribution is 0.279. The molecule has 0 unspecified atom stereocenters. The van der Waals surface area contributed by atoms with Crippen LogP contribution in [0.1, 0.15) is 40.5 Å². The number of aromatic amines is 1. The Bertz CT molecular complexity index is 1940. The van der Waals surface area contributed by atoms with Crippen LogP contribution in [0, 0.1) is 0 Å². The smallest absolute Gasteiger partial charge is 0.273 e. The molecule has 0 aliphatic carbocycles. The van der Waals surface area contributed by atoms with Crippen molar-refractivity contribution in [1.82, 2.24) is 54.8 Å². The molecular formula is C39H75ClN22O7. The van der Waals surface area contributed by atoms with Crippen LogP contribution in [0.4, 0.5) is 65.3 Å². The standard InChI is InChI=1S/C13H26N6O2.C11H22N6O2.C9H18N6O2.C6H9ClN4O/c1-3-5-14-11-16-12(15-6-4-2)18-13(17-11)19(7-9-20)8-10-21;1-3-12-9-14-10(13-4-2)16-11(15-9)17(5-7-18)6-8-19;1-10-7-12-8(11-2)14-9(13-7)15(3-5-16)4-6-17;1-8-4-3(7)5(12)11-6(9-2)10-4/h20-21H,3-10H2,1-2H3,(H2,14,15,16,17,18);18-19H,3-8H2,1-2H3,(H2,12,13,14,15,16);16-17H,3-6H2,1-2H3,(H2,10,11,12,13,14);1-2H3,(H3,8,9,10,11,12). The molecule has 29 nitrogen and oxygen atoms in total. The first kappa shape index (κ1) is 60.8. The van der Waals surface area contributed by atoms with Gasteiger partial charge in [-0.2, -0.15) is 49.8 Å². The van der Waals surface area contributed by atoms with Crippen LogP contribution in [0.15, 0.2) is 4.79 Å². The maximum absolute atomic E-state index is 11.1. The third-order valence-corrected chi connectivity index (χ3v) is 8.81. The lowest BCUT2D eigenvalue weighted by Gasteiger charge is -2.21. The Hall–Kier alpha value is -6.24. The Morgan fingerprint density at radius 2 is 0.768 bits per heavy atom. The second-order valence-corrected chi connectivity index (χ2v) is 14.0. The molecule has 4 heterocycles. The zero-order valence-electron chi connectivity index (χ0n) is 41.0. The van der Waals surface area contributed by atoms with Crippen molar-refractivity contribution < 1.29 is 30.6 Å². The van der Waals surface area contributed by atoms with Gasteiger partial charge in [-0.05, 0) is 26.7 Å². The molecule has 0 amide bonds. The lowest BCUT2D eigenvalue weighted by Crippen LogP contribution is -2.32. The zero-order valence-corrected chi connectivity index (χ0v) is 41.8. The second-order valence-electron chi connectivity index (χ2n) is 13.6. The molecule has 4 aromatic rings. The van der Waals surface area contributed by atoms with Crippen molar-refractivity contribution in [2.75, 3.05) is 191 Å². The maximum atomic E-state index is 11.1. The zero-order chi connectivity index (χ0) is 51.4. The van der Waals surface area contributed by atoms with Crippen LogP contribution in [-0.4, -0.2) is 219 Å². The lowest BCUT2D eigenvalue weighted by atomic mass is 10.5. The van der Waals surface area contributed by atoms with Gasteiger partial charge < -0.3 is 87.9 Å². The quantitative estimate of drug-likeness (QED) is 0.0313. The van der Waals surface area contributed by atoms with Crippen LogP contribution in [0.3, 0.4) is 0 Å². The van der Waals surface area contributed by atoms with Gasteiger partial charge in [0.05, 0.1) is 39.6 Å². The van der Waals surface area contributed by atoms with Gasteiger partial charge in [-0.15, -0.1) is 0 Å². The SMILES string of the molecule is CCCNc1nc(NCCC)nc(N(CCO)CCO)n1.CCNc1nc(NCC)nc(N(CCO)CCO)n1.CNc1nc(NC)c(Cl)c(=O)[nH]1.CNc1nc(NC)nc(N(CCO)CCO)n1. The number of H-pyrrole nitrogens is 1. The first-order chi connectivity index (χ1) is 33.4. The summed E-state index contributed by atoms with van der Waals surface area (Å²) in [6, 6.07) is 0. The molecule has 15 N–H and O–H groups in total. The highest BCUT2D eigenvalue weighted by Crippen LogP contribution is 2.16. The number of halogens is 1. The van der Waals surface area contributed by atoms with Gasteiger partial charge in [0.2, 0.25) is 59.5 Å². The van der Waals surface area contributed by atoms with Gasteiger partial charge in [0.1, 0.15) is 5.02 Å². The van der Waals surface area contributed by atoms with Crippen LogP contribution in [-0.2, 0) is 0 Å². The monoisotopic (exact) mass is 999 g/mol. The van der Waals surface area contributed by atoms with Crippen molar-refractivity contribution in [3.63, 3.8) is 0 Å². The van der Waals surface area contributed by atoms with E-state index in [1.807, 2.05) is 13.8 Å². The highest BCUT2D eigenvalue weighted by Gasteiger charge is 2.15. The van der Waals surface area contributed by atoms with Gasteiger partial charge >= 0.3 is 0 Å². The topological polar surface area (TPSA) is 389 Å². The number of aromatic nitrogens is 11. The summed E-state index contributed by atoms with van der Waals surface area (Å²) in [6.07, 6.45) is 1.94. The van der Waals surface area contributed by atoms with E-state index in [0.717, 1.165) is 25.9 Å². The number of hydrogen-bond donors (Lipinski definition) is 15. The second kappa shape index (κ2) is 36.8. The minimum atomic E-state index is -0.361. The molecule has 69 heavy (non-hydrogen) atoms. The van der Waals surface area contributed by atoms with Crippen molar-refractivity contribution in [2.45, 2.75) is 40.5 Å². The number of aliphatic hydroxyl groups excluding tert-OH is 6. The fourth-order valence-corrected chi connectivity index (χ4v) is 5.43. The maximum Gasteiger partial charge on any atom is 0.273 e. The van der Waals surface area contributed by atoms with E-state index in [-0.39, 0.29) is 50.2 Å². The molecule has 30 heteroatoms. The highest BCUT2D eigenvalue weighted by molar-refractivity contribution is 6.32. The Balaban J connectivity index is 0.000000467. The van der Waals surface area contributed by atoms with E-state index in [4.69, 9.17) is 42.2 Å². The Morgan fingerprint density at radius 1 is 0.449 bits per heavy atom.